The van der Waals surface area contributed by atoms with Gasteiger partial charge in [0, 0.05) is 12.1 Å². The van der Waals surface area contributed by atoms with E-state index in [1.807, 2.05) is 189 Å². The van der Waals surface area contributed by atoms with E-state index in [0.29, 0.717) is 12.8 Å². The summed E-state index contributed by atoms with van der Waals surface area (Å²) in [6.45, 7) is 37.8. The van der Waals surface area contributed by atoms with Crippen LogP contribution in [0.15, 0.2) is 215 Å². The summed E-state index contributed by atoms with van der Waals surface area (Å²) < 4.78 is 110. The van der Waals surface area contributed by atoms with Gasteiger partial charge in [0.15, 0.2) is 11.6 Å². The Kier molecular flexibility index (Phi) is 36.5. The van der Waals surface area contributed by atoms with Crippen molar-refractivity contribution in [3.8, 4) is 5.75 Å². The minimum Gasteiger partial charge on any atom is -0.459 e. The molecule has 34 nitrogen and oxygen atoms in total. The molecule has 0 aliphatic carbocycles. The van der Waals surface area contributed by atoms with Gasteiger partial charge in [0.1, 0.15) is 57.4 Å². The van der Waals surface area contributed by atoms with Crippen LogP contribution in [0.3, 0.4) is 0 Å². The molecular weight excluding hydrogens is 1710 g/mol. The molecule has 0 saturated heterocycles. The van der Waals surface area contributed by atoms with Gasteiger partial charge in [0.2, 0.25) is 23.6 Å². The summed E-state index contributed by atoms with van der Waals surface area (Å²) in [5.74, 6) is -2.68. The summed E-state index contributed by atoms with van der Waals surface area (Å²) in [5, 5.41) is 30.8. The number of nitrogens with one attached hydrogen (secondary N) is 7. The number of nitro groups is 1. The Bertz CT molecular complexity index is 5200. The molecule has 0 fully saturated rings. The van der Waals surface area contributed by atoms with Crippen molar-refractivity contribution in [3.63, 3.8) is 0 Å². The Morgan fingerprint density at radius 3 is 1.03 bits per heavy atom. The molecular formula is C94H125N13O21S2. The molecule has 9 rings (SSSR count). The molecule has 704 valence electrons. The maximum atomic E-state index is 14.7. The van der Waals surface area contributed by atoms with Crippen LogP contribution in [0.4, 0.5) is 15.3 Å². The Labute approximate surface area is 761 Å². The minimum atomic E-state index is -4.71. The molecule has 36 heteroatoms. The number of non-ortho nitro benzene ring substituents is 1. The van der Waals surface area contributed by atoms with Crippen LogP contribution in [0, 0.1) is 10.1 Å². The fraction of sp³-hybridized carbons (Fsp3) is 0.447. The maximum absolute atomic E-state index is 14.7. The van der Waals surface area contributed by atoms with Crippen LogP contribution in [-0.2, 0) is 79.2 Å². The smallest absolute Gasteiger partial charge is 0.408 e. The number of rotatable bonds is 35. The Hall–Kier alpha value is -11.9. The number of amides is 4. The van der Waals surface area contributed by atoms with E-state index in [-0.39, 0.29) is 47.2 Å². The Morgan fingerprint density at radius 1 is 0.415 bits per heavy atom. The third kappa shape index (κ3) is 32.9. The summed E-state index contributed by atoms with van der Waals surface area (Å²) in [4.78, 5) is 98.4. The second-order valence-corrected chi connectivity index (χ2v) is 39.4. The van der Waals surface area contributed by atoms with Crippen LogP contribution in [0.5, 0.6) is 5.75 Å². The monoisotopic (exact) mass is 1840 g/mol. The first kappa shape index (κ1) is 105. The van der Waals surface area contributed by atoms with E-state index in [1.54, 1.807) is 138 Å². The minimum absolute atomic E-state index is 0.0157. The first-order chi connectivity index (χ1) is 60.5. The molecule has 2 aromatic heterocycles. The highest BCUT2D eigenvalue weighted by molar-refractivity contribution is 7.87. The van der Waals surface area contributed by atoms with Crippen LogP contribution < -0.4 is 45.4 Å². The molecule has 2 heterocycles. The number of nitrogens with two attached hydrogens (primary N) is 1. The highest BCUT2D eigenvalue weighted by Crippen LogP contribution is 2.40. The maximum Gasteiger partial charge on any atom is 0.408 e. The zero-order chi connectivity index (χ0) is 96.6. The normalized spacial score (nSPS) is 14.2. The van der Waals surface area contributed by atoms with Gasteiger partial charge >= 0.3 is 34.4 Å². The van der Waals surface area contributed by atoms with Gasteiger partial charge in [0.05, 0.1) is 59.3 Å². The number of nitrogens with zero attached hydrogens (tertiary/aromatic N) is 5. The van der Waals surface area contributed by atoms with E-state index in [1.165, 1.54) is 6.92 Å². The zero-order valence-corrected chi connectivity index (χ0v) is 79.4. The summed E-state index contributed by atoms with van der Waals surface area (Å²) >= 11 is 0. The Balaban J connectivity index is 0.000000286. The van der Waals surface area contributed by atoms with E-state index >= 15 is 0 Å². The largest absolute Gasteiger partial charge is 0.459 e. The molecule has 0 radical (unpaired) electrons. The van der Waals surface area contributed by atoms with Gasteiger partial charge < -0.3 is 68.7 Å². The molecule has 0 aliphatic rings. The van der Waals surface area contributed by atoms with Crippen molar-refractivity contribution in [2.45, 2.75) is 271 Å². The average Bonchev–Trinajstić information content (AvgIpc) is 1.13. The van der Waals surface area contributed by atoms with Gasteiger partial charge in [-0.05, 0) is 197 Å². The lowest BCUT2D eigenvalue weighted by Gasteiger charge is -2.37. The number of esters is 2. The quantitative estimate of drug-likeness (QED) is 0.00601. The molecule has 130 heavy (non-hydrogen) atoms. The SMILES string of the molecule is CC(OC(C)(C)C)[C@H](NS(=O)(=O)Oc1ccc([N+](=O)[O-])cc1)C(=O)OC(C)(C)C.CC[C@H](NC(=O)OC(C)(C)C)c1noc([C@@H](N)CC(=O)NC(c2ccccc2)(c2ccccc2)c2ccccc2)n1.CC[C@H](NC(=O)OC(C)(C)C)c1noc([C@H](CC(=O)NC(c2ccccc2)(c2ccccc2)c2ccccc2)NS(=O)(=O)N[C@H](C(=O)OC(C)(C)C)C(C)OC(C)(C)C)n1. The second-order valence-electron chi connectivity index (χ2n) is 36.6. The van der Waals surface area contributed by atoms with Crippen LogP contribution >= 0.6 is 0 Å². The predicted molar refractivity (Wildman–Crippen MR) is 488 cm³/mol. The fourth-order valence-corrected chi connectivity index (χ4v) is 15.6. The van der Waals surface area contributed by atoms with E-state index in [0.717, 1.165) is 57.6 Å². The van der Waals surface area contributed by atoms with Gasteiger partial charge in [-0.3, -0.25) is 29.3 Å². The highest BCUT2D eigenvalue weighted by atomic mass is 32.2. The topological polar surface area (TPSA) is 467 Å². The molecule has 0 bridgehead atoms. The molecule has 2 unspecified atom stereocenters. The van der Waals surface area contributed by atoms with Gasteiger partial charge in [-0.1, -0.05) is 206 Å². The van der Waals surface area contributed by atoms with Crippen molar-refractivity contribution in [3.05, 3.63) is 273 Å². The van der Waals surface area contributed by atoms with Gasteiger partial charge in [0.25, 0.3) is 15.9 Å². The zero-order valence-electron chi connectivity index (χ0n) is 77.8. The van der Waals surface area contributed by atoms with Crippen LogP contribution in [0.2, 0.25) is 0 Å². The van der Waals surface area contributed by atoms with Crippen molar-refractivity contribution in [2.24, 2.45) is 5.73 Å². The van der Waals surface area contributed by atoms with Crippen molar-refractivity contribution < 1.29 is 92.2 Å². The van der Waals surface area contributed by atoms with Crippen molar-refractivity contribution in [1.82, 2.24) is 55.7 Å². The number of benzene rings is 7. The lowest BCUT2D eigenvalue weighted by atomic mass is 9.77. The number of nitro benzene ring substituents is 1. The molecule has 8 atom stereocenters. The molecule has 9 aromatic rings. The molecule has 0 saturated carbocycles. The highest BCUT2D eigenvalue weighted by Gasteiger charge is 2.44. The third-order valence-electron chi connectivity index (χ3n) is 18.5. The van der Waals surface area contributed by atoms with E-state index in [4.69, 9.17) is 47.4 Å². The summed E-state index contributed by atoms with van der Waals surface area (Å²) in [7, 11) is -9.18. The van der Waals surface area contributed by atoms with E-state index in [2.05, 4.69) is 55.7 Å². The fourth-order valence-electron chi connectivity index (χ4n) is 13.4. The van der Waals surface area contributed by atoms with Crippen LogP contribution in [-0.4, -0.2) is 136 Å². The number of hydrogen-bond donors (Lipinski definition) is 8. The number of carbonyl (C=O) groups is 6. The lowest BCUT2D eigenvalue weighted by molar-refractivity contribution is -0.384. The van der Waals surface area contributed by atoms with Crippen molar-refractivity contribution in [1.29, 1.82) is 0 Å². The number of hydrogen-bond acceptors (Lipinski definition) is 26. The first-order valence-electron chi connectivity index (χ1n) is 42.5. The number of alkyl carbamates (subject to hydrolysis) is 2. The summed E-state index contributed by atoms with van der Waals surface area (Å²) in [5.41, 5.74) is 4.25. The second kappa shape index (κ2) is 45.1. The molecule has 0 spiro atoms. The third-order valence-corrected chi connectivity index (χ3v) is 20.6. The van der Waals surface area contributed by atoms with E-state index in [9.17, 15) is 55.7 Å². The van der Waals surface area contributed by atoms with Gasteiger partial charge in [-0.15, -0.1) is 0 Å². The van der Waals surface area contributed by atoms with Crippen LogP contribution in [0.1, 0.15) is 259 Å². The average molecular weight is 1840 g/mol. The molecule has 7 aromatic carbocycles. The standard InChI is InChI=1S/C44H60N6O9S.C32H37N5O4.C18H28N2O8S/c1-12-33(45-40(53)58-43(9,10)11)37-46-38(59-48-37)34(49-60(54,55)50-36(29(2)56-41(3,4)5)39(52)57-42(6,7)8)28-35(51)47-44(30-22-16-13-17-23-30,31-24-18-14-19-25-31)32-26-20-15-21-27-32;1-5-26(34-30(39)40-31(2,3)4)28-35-29(41-37-28)25(33)21-27(38)36-32(22-15-9-6-10-16-22,23-17-11-7-12-18-23)24-19-13-8-14-20-24;1-12(26-17(2,3)4)15(16(21)27-18(5,6)7)19-29(24,25)28-14-10-8-13(9-11-14)20(22)23/h13-27,29,33-34,36,49-50H,12,28H2,1-11H3,(H,45,53)(H,47,51);6-20,25-26H,5,21,33H2,1-4H3,(H,34,39)(H,36,38);8-12,15,19H,1-7H3/t29?,33-,34-,36-;25-,26-;12?,15-/m000/s1. The molecule has 4 amide bonds. The van der Waals surface area contributed by atoms with Crippen molar-refractivity contribution in [2.75, 3.05) is 0 Å². The Morgan fingerprint density at radius 2 is 0.723 bits per heavy atom. The summed E-state index contributed by atoms with van der Waals surface area (Å²) in [6, 6.07) is 55.5. The number of carbonyl (C=O) groups excluding carboxylic acids is 6. The molecule has 0 aliphatic heterocycles. The number of aromatic nitrogens is 4. The summed E-state index contributed by atoms with van der Waals surface area (Å²) in [6.07, 6.45) is -3.03. The first-order valence-corrected chi connectivity index (χ1v) is 45.4. The van der Waals surface area contributed by atoms with E-state index < -0.39 is 155 Å². The number of ether oxygens (including phenoxy) is 6. The van der Waals surface area contributed by atoms with Gasteiger partial charge in [-0.2, -0.15) is 41.0 Å². The van der Waals surface area contributed by atoms with Crippen LogP contribution in [0.25, 0.3) is 0 Å². The molecule has 9 N–H and O–H groups in total. The predicted octanol–water partition coefficient (Wildman–Crippen LogP) is 15.2. The van der Waals surface area contributed by atoms with Gasteiger partial charge in [-0.25, -0.2) is 9.59 Å². The lowest BCUT2D eigenvalue weighted by Crippen LogP contribution is -2.55. The van der Waals surface area contributed by atoms with Crippen molar-refractivity contribution >= 4 is 62.1 Å².